The second kappa shape index (κ2) is 14.9. The Morgan fingerprint density at radius 2 is 0.500 bits per heavy atom. The lowest BCUT2D eigenvalue weighted by atomic mass is 10.0. The van der Waals surface area contributed by atoms with Crippen LogP contribution in [0.5, 0.6) is 0 Å². The van der Waals surface area contributed by atoms with Crippen molar-refractivity contribution >= 4 is 139 Å². The molecule has 9 rings (SSSR count). The smallest absolute Gasteiger partial charge is 0.0739 e. The van der Waals surface area contributed by atoms with Crippen LogP contribution in [-0.4, -0.2) is 19.9 Å². The van der Waals surface area contributed by atoms with E-state index >= 15 is 0 Å². The number of halogens is 8. The Morgan fingerprint density at radius 3 is 0.804 bits per heavy atom. The number of H-pyrrole nitrogens is 2. The fourth-order valence-electron chi connectivity index (χ4n) is 7.20. The molecular weight excluding hydrogens is 868 g/mol. The lowest BCUT2D eigenvalue weighted by Crippen LogP contribution is -1.93. The average Bonchev–Trinajstić information content (AvgIpc) is 4.00. The minimum absolute atomic E-state index is 0.428. The number of hydrogen-bond acceptors (Lipinski definition) is 2. The SMILES string of the molecule is Clc1cccc(Cl)c1-c1c2nc(c(-c3c(Cl)cccc3Cl)c3ccc([nH]3)c(-c3c(Cl)cccc3Cl)c3ccc([nH]3)c(-c3c(Cl)cccc3Cl)c3nc1C=C3)C=C2. The molecule has 0 saturated carbocycles. The van der Waals surface area contributed by atoms with Gasteiger partial charge >= 0.3 is 0 Å². The summed E-state index contributed by atoms with van der Waals surface area (Å²) >= 11 is 55.6. The molecule has 0 radical (unpaired) electrons. The molecule has 4 nitrogen and oxygen atoms in total. The van der Waals surface area contributed by atoms with Gasteiger partial charge in [0.05, 0.1) is 63.0 Å². The zero-order valence-electron chi connectivity index (χ0n) is 28.5. The Bertz CT molecular complexity index is 2800. The van der Waals surface area contributed by atoms with Crippen LogP contribution >= 0.6 is 92.8 Å². The minimum atomic E-state index is 0.428. The Labute approximate surface area is 360 Å². The predicted molar refractivity (Wildman–Crippen MR) is 241 cm³/mol. The van der Waals surface area contributed by atoms with Gasteiger partial charge in [0.1, 0.15) is 0 Å². The van der Waals surface area contributed by atoms with E-state index in [0.717, 1.165) is 0 Å². The summed E-state index contributed by atoms with van der Waals surface area (Å²) in [4.78, 5) is 17.8. The van der Waals surface area contributed by atoms with Crippen LogP contribution in [-0.2, 0) is 0 Å². The molecule has 5 heterocycles. The molecule has 2 N–H and O–H groups in total. The Balaban J connectivity index is 1.55. The molecule has 0 spiro atoms. The second-order valence-corrected chi connectivity index (χ2v) is 16.1. The highest BCUT2D eigenvalue weighted by Gasteiger charge is 2.24. The van der Waals surface area contributed by atoms with E-state index in [0.29, 0.717) is 130 Å². The van der Waals surface area contributed by atoms with Crippen LogP contribution in [0.25, 0.3) is 90.9 Å². The minimum Gasteiger partial charge on any atom is -0.354 e. The van der Waals surface area contributed by atoms with Gasteiger partial charge in [-0.1, -0.05) is 117 Å². The van der Waals surface area contributed by atoms with Gasteiger partial charge in [-0.25, -0.2) is 9.97 Å². The van der Waals surface area contributed by atoms with Crippen molar-refractivity contribution in [3.05, 3.63) is 160 Å². The van der Waals surface area contributed by atoms with E-state index in [4.69, 9.17) is 103 Å². The molecule has 12 heteroatoms. The van der Waals surface area contributed by atoms with Crippen LogP contribution in [0.1, 0.15) is 22.8 Å². The highest BCUT2D eigenvalue weighted by molar-refractivity contribution is 6.42. The maximum Gasteiger partial charge on any atom is 0.0739 e. The maximum atomic E-state index is 6.96. The first-order chi connectivity index (χ1) is 27.1. The van der Waals surface area contributed by atoms with Crippen molar-refractivity contribution in [1.82, 2.24) is 19.9 Å². The number of fused-ring (bicyclic) bond motifs is 8. The summed E-state index contributed by atoms with van der Waals surface area (Å²) in [5.74, 6) is 0. The molecule has 4 aromatic carbocycles. The molecule has 0 saturated heterocycles. The van der Waals surface area contributed by atoms with E-state index < -0.39 is 0 Å². The summed E-state index contributed by atoms with van der Waals surface area (Å²) in [7, 11) is 0. The maximum absolute atomic E-state index is 6.96. The zero-order chi connectivity index (χ0) is 38.8. The molecule has 3 aromatic heterocycles. The molecule has 2 aliphatic heterocycles. The van der Waals surface area contributed by atoms with Crippen molar-refractivity contribution in [1.29, 1.82) is 0 Å². The fourth-order valence-corrected chi connectivity index (χ4v) is 9.55. The van der Waals surface area contributed by atoms with E-state index in [9.17, 15) is 0 Å². The second-order valence-electron chi connectivity index (χ2n) is 12.9. The summed E-state index contributed by atoms with van der Waals surface area (Å²) in [6, 6.07) is 29.3. The third-order valence-corrected chi connectivity index (χ3v) is 12.1. The van der Waals surface area contributed by atoms with Crippen molar-refractivity contribution in [3.63, 3.8) is 0 Å². The molecule has 8 bridgehead atoms. The molecular formula is C44H22Cl8N4. The topological polar surface area (TPSA) is 57.4 Å². The standard InChI is InChI=1S/C44H22Cl8N4/c45-21-5-1-6-22(46)37(21)41-29-13-15-31(53-29)42(38-23(47)7-2-8-24(38)48)33-17-19-35(55-33)44(40-27(51)11-4-12-28(40)52)36-20-18-34(56-36)43(32-16-14-30(41)54-32)39-25(49)9-3-10-26(39)50/h1-20,53-54H. The van der Waals surface area contributed by atoms with Crippen LogP contribution in [0, 0.1) is 0 Å². The molecule has 274 valence electrons. The molecule has 0 amide bonds. The van der Waals surface area contributed by atoms with Crippen LogP contribution in [0.3, 0.4) is 0 Å². The Kier molecular flexibility index (Phi) is 9.98. The number of aromatic amines is 2. The number of hydrogen-bond donors (Lipinski definition) is 2. The highest BCUT2D eigenvalue weighted by atomic mass is 35.5. The number of nitrogens with one attached hydrogen (secondary N) is 2. The van der Waals surface area contributed by atoms with Crippen molar-refractivity contribution in [2.24, 2.45) is 0 Å². The summed E-state index contributed by atoms with van der Waals surface area (Å²) in [5, 5.41) is 3.53. The number of aromatic nitrogens is 4. The monoisotopic (exact) mass is 886 g/mol. The van der Waals surface area contributed by atoms with Gasteiger partial charge in [-0.15, -0.1) is 0 Å². The molecule has 7 aromatic rings. The predicted octanol–water partition coefficient (Wildman–Crippen LogP) is 16.6. The number of benzene rings is 4. The Hall–Kier alpha value is -4.20. The normalized spacial score (nSPS) is 12.1. The average molecular weight is 890 g/mol. The van der Waals surface area contributed by atoms with Crippen molar-refractivity contribution in [3.8, 4) is 44.5 Å². The van der Waals surface area contributed by atoms with Gasteiger partial charge in [-0.2, -0.15) is 0 Å². The van der Waals surface area contributed by atoms with Crippen LogP contribution in [0.4, 0.5) is 0 Å². The van der Waals surface area contributed by atoms with Crippen molar-refractivity contribution in [2.45, 2.75) is 0 Å². The molecule has 0 atom stereocenters. The lowest BCUT2D eigenvalue weighted by Gasteiger charge is -2.11. The zero-order valence-corrected chi connectivity index (χ0v) is 34.5. The molecule has 2 aliphatic rings. The summed E-state index contributed by atoms with van der Waals surface area (Å²) in [6.07, 6.45) is 7.62. The van der Waals surface area contributed by atoms with Crippen molar-refractivity contribution in [2.75, 3.05) is 0 Å². The van der Waals surface area contributed by atoms with E-state index in [2.05, 4.69) is 9.97 Å². The van der Waals surface area contributed by atoms with Gasteiger partial charge in [-0.3, -0.25) is 0 Å². The molecule has 0 unspecified atom stereocenters. The van der Waals surface area contributed by atoms with Gasteiger partial charge in [-0.05, 0) is 97.1 Å². The first kappa shape index (κ1) is 37.4. The van der Waals surface area contributed by atoms with E-state index in [1.165, 1.54) is 0 Å². The van der Waals surface area contributed by atoms with Gasteiger partial charge in [0.25, 0.3) is 0 Å². The van der Waals surface area contributed by atoms with Gasteiger partial charge < -0.3 is 9.97 Å². The Morgan fingerprint density at radius 1 is 0.268 bits per heavy atom. The van der Waals surface area contributed by atoms with Gasteiger partial charge in [0.15, 0.2) is 0 Å². The first-order valence-electron chi connectivity index (χ1n) is 17.0. The summed E-state index contributed by atoms with van der Waals surface area (Å²) < 4.78 is 0. The number of rotatable bonds is 4. The van der Waals surface area contributed by atoms with E-state index in [1.807, 2.05) is 48.6 Å². The molecule has 56 heavy (non-hydrogen) atoms. The summed E-state index contributed by atoms with van der Waals surface area (Å²) in [6.45, 7) is 0. The van der Waals surface area contributed by atoms with Gasteiger partial charge in [0.2, 0.25) is 0 Å². The third-order valence-electron chi connectivity index (χ3n) is 9.60. The quantitative estimate of drug-likeness (QED) is 0.185. The van der Waals surface area contributed by atoms with Gasteiger partial charge in [0, 0.05) is 66.6 Å². The summed E-state index contributed by atoms with van der Waals surface area (Å²) in [5.41, 5.74) is 10.1. The molecule has 0 aliphatic carbocycles. The first-order valence-corrected chi connectivity index (χ1v) is 20.0. The number of nitrogens with zero attached hydrogens (tertiary/aromatic N) is 2. The third kappa shape index (κ3) is 6.43. The highest BCUT2D eigenvalue weighted by Crippen LogP contribution is 2.46. The van der Waals surface area contributed by atoms with E-state index in [-0.39, 0.29) is 0 Å². The van der Waals surface area contributed by atoms with Crippen LogP contribution in [0.2, 0.25) is 40.2 Å². The lowest BCUT2D eigenvalue weighted by molar-refractivity contribution is 1.28. The molecule has 0 fully saturated rings. The fraction of sp³-hybridized carbons (Fsp3) is 0. The largest absolute Gasteiger partial charge is 0.354 e. The van der Waals surface area contributed by atoms with Crippen molar-refractivity contribution < 1.29 is 0 Å². The van der Waals surface area contributed by atoms with Crippen LogP contribution in [0.15, 0.2) is 97.1 Å². The van der Waals surface area contributed by atoms with E-state index in [1.54, 1.807) is 72.8 Å². The van der Waals surface area contributed by atoms with Crippen LogP contribution < -0.4 is 0 Å².